The molecule has 0 aromatic heterocycles. The fraction of sp³-hybridized carbons (Fsp3) is 0.133. The van der Waals surface area contributed by atoms with Crippen LogP contribution in [0.4, 0.5) is 4.39 Å². The molecule has 20 heavy (non-hydrogen) atoms. The van der Waals surface area contributed by atoms with Crippen LogP contribution in [0.25, 0.3) is 0 Å². The highest BCUT2D eigenvalue weighted by atomic mass is 19.1. The molecule has 0 aliphatic carbocycles. The number of halogens is 1. The molecular weight excluding hydrogens is 261 g/mol. The Morgan fingerprint density at radius 3 is 2.70 bits per heavy atom. The summed E-state index contributed by atoms with van der Waals surface area (Å²) in [6, 6.07) is 11.5. The fourth-order valence-corrected chi connectivity index (χ4v) is 1.72. The molecule has 0 heterocycles. The first-order valence-corrected chi connectivity index (χ1v) is 5.96. The molecule has 0 amide bonds. The van der Waals surface area contributed by atoms with Gasteiger partial charge in [-0.3, -0.25) is 0 Å². The van der Waals surface area contributed by atoms with Crippen LogP contribution < -0.4 is 9.47 Å². The van der Waals surface area contributed by atoms with Crippen molar-refractivity contribution in [1.29, 1.82) is 0 Å². The lowest BCUT2D eigenvalue weighted by molar-refractivity contribution is 0.279. The molecule has 104 valence electrons. The minimum absolute atomic E-state index is 0.0861. The van der Waals surface area contributed by atoms with Crippen LogP contribution in [0.5, 0.6) is 11.5 Å². The van der Waals surface area contributed by atoms with E-state index >= 15 is 0 Å². The number of benzene rings is 2. The minimum Gasteiger partial charge on any atom is -0.493 e. The molecule has 2 aromatic rings. The van der Waals surface area contributed by atoms with Crippen LogP contribution in [0, 0.1) is 5.82 Å². The van der Waals surface area contributed by atoms with Gasteiger partial charge in [-0.25, -0.2) is 4.39 Å². The van der Waals surface area contributed by atoms with Gasteiger partial charge in [0, 0.05) is 11.1 Å². The van der Waals surface area contributed by atoms with Crippen molar-refractivity contribution in [1.82, 2.24) is 0 Å². The van der Waals surface area contributed by atoms with Crippen molar-refractivity contribution in [3.05, 3.63) is 59.4 Å². The van der Waals surface area contributed by atoms with Crippen molar-refractivity contribution < 1.29 is 19.1 Å². The van der Waals surface area contributed by atoms with Crippen LogP contribution in [0.3, 0.4) is 0 Å². The normalized spacial score (nSPS) is 10.7. The molecule has 0 spiro atoms. The van der Waals surface area contributed by atoms with E-state index in [1.807, 2.05) is 0 Å². The van der Waals surface area contributed by atoms with Gasteiger partial charge in [0.15, 0.2) is 11.5 Å². The standard InChI is InChI=1S/C15H14FNO3/c1-19-14-7-6-11(9-17-18)8-15(14)20-10-12-4-2-3-5-13(12)16/h2-9,18H,10H2,1H3. The SMILES string of the molecule is COc1ccc(C=NO)cc1OCc1ccccc1F. The first-order valence-electron chi connectivity index (χ1n) is 5.96. The summed E-state index contributed by atoms with van der Waals surface area (Å²) in [5, 5.41) is 11.5. The first kappa shape index (κ1) is 13.9. The van der Waals surface area contributed by atoms with E-state index in [1.54, 1.807) is 36.4 Å². The Bertz CT molecular complexity index is 614. The molecule has 0 bridgehead atoms. The van der Waals surface area contributed by atoms with Crippen molar-refractivity contribution in [3.63, 3.8) is 0 Å². The number of hydrogen-bond acceptors (Lipinski definition) is 4. The number of ether oxygens (including phenoxy) is 2. The maximum absolute atomic E-state index is 13.5. The summed E-state index contributed by atoms with van der Waals surface area (Å²) < 4.78 is 24.3. The van der Waals surface area contributed by atoms with Crippen molar-refractivity contribution in [2.75, 3.05) is 7.11 Å². The largest absolute Gasteiger partial charge is 0.493 e. The molecule has 0 radical (unpaired) electrons. The molecule has 1 N–H and O–H groups in total. The Morgan fingerprint density at radius 2 is 2.00 bits per heavy atom. The fourth-order valence-electron chi connectivity index (χ4n) is 1.72. The summed E-state index contributed by atoms with van der Waals surface area (Å²) in [6.07, 6.45) is 1.27. The Balaban J connectivity index is 2.19. The van der Waals surface area contributed by atoms with Crippen molar-refractivity contribution >= 4 is 6.21 Å². The van der Waals surface area contributed by atoms with Crippen LogP contribution in [0.15, 0.2) is 47.6 Å². The second-order valence-electron chi connectivity index (χ2n) is 4.03. The van der Waals surface area contributed by atoms with E-state index in [4.69, 9.17) is 14.7 Å². The smallest absolute Gasteiger partial charge is 0.162 e. The average molecular weight is 275 g/mol. The van der Waals surface area contributed by atoms with Gasteiger partial charge in [-0.1, -0.05) is 23.4 Å². The Labute approximate surface area is 116 Å². The average Bonchev–Trinajstić information content (AvgIpc) is 2.47. The maximum atomic E-state index is 13.5. The molecule has 0 fully saturated rings. The second kappa shape index (κ2) is 6.56. The van der Waals surface area contributed by atoms with E-state index in [0.29, 0.717) is 22.6 Å². The van der Waals surface area contributed by atoms with Gasteiger partial charge < -0.3 is 14.7 Å². The highest BCUT2D eigenvalue weighted by molar-refractivity contribution is 5.80. The first-order chi connectivity index (χ1) is 9.74. The van der Waals surface area contributed by atoms with Crippen molar-refractivity contribution in [3.8, 4) is 11.5 Å². The van der Waals surface area contributed by atoms with Gasteiger partial charge in [-0.05, 0) is 24.3 Å². The highest BCUT2D eigenvalue weighted by Crippen LogP contribution is 2.28. The number of hydrogen-bond donors (Lipinski definition) is 1. The maximum Gasteiger partial charge on any atom is 0.162 e. The Kier molecular flexibility index (Phi) is 4.55. The number of oxime groups is 1. The van der Waals surface area contributed by atoms with Crippen LogP contribution in [-0.4, -0.2) is 18.5 Å². The summed E-state index contributed by atoms with van der Waals surface area (Å²) >= 11 is 0. The van der Waals surface area contributed by atoms with Crippen LogP contribution in [0.2, 0.25) is 0 Å². The molecule has 2 rings (SSSR count). The topological polar surface area (TPSA) is 51.0 Å². The van der Waals surface area contributed by atoms with Crippen molar-refractivity contribution in [2.24, 2.45) is 5.16 Å². The molecule has 0 aliphatic heterocycles. The third kappa shape index (κ3) is 3.26. The van der Waals surface area contributed by atoms with Crippen LogP contribution in [0.1, 0.15) is 11.1 Å². The molecule has 0 saturated carbocycles. The van der Waals surface area contributed by atoms with Gasteiger partial charge in [-0.15, -0.1) is 0 Å². The van der Waals surface area contributed by atoms with E-state index in [2.05, 4.69) is 5.16 Å². The zero-order valence-electron chi connectivity index (χ0n) is 10.9. The quantitative estimate of drug-likeness (QED) is 0.518. The van der Waals surface area contributed by atoms with Crippen LogP contribution in [-0.2, 0) is 6.61 Å². The predicted molar refractivity (Wildman–Crippen MR) is 73.1 cm³/mol. The summed E-state index contributed by atoms with van der Waals surface area (Å²) in [5.41, 5.74) is 1.10. The molecule has 2 aromatic carbocycles. The highest BCUT2D eigenvalue weighted by Gasteiger charge is 2.07. The third-order valence-corrected chi connectivity index (χ3v) is 2.74. The monoisotopic (exact) mass is 275 g/mol. The summed E-state index contributed by atoms with van der Waals surface area (Å²) in [4.78, 5) is 0. The second-order valence-corrected chi connectivity index (χ2v) is 4.03. The molecule has 5 heteroatoms. The number of nitrogens with zero attached hydrogens (tertiary/aromatic N) is 1. The molecular formula is C15H14FNO3. The van der Waals surface area contributed by atoms with E-state index in [-0.39, 0.29) is 12.4 Å². The molecule has 0 atom stereocenters. The summed E-state index contributed by atoms with van der Waals surface area (Å²) in [5.74, 6) is 0.657. The van der Waals surface area contributed by atoms with Gasteiger partial charge in [0.25, 0.3) is 0 Å². The van der Waals surface area contributed by atoms with E-state index in [0.717, 1.165) is 0 Å². The van der Waals surface area contributed by atoms with E-state index in [1.165, 1.54) is 19.4 Å². The lowest BCUT2D eigenvalue weighted by Gasteiger charge is -2.11. The van der Waals surface area contributed by atoms with E-state index in [9.17, 15) is 4.39 Å². The Morgan fingerprint density at radius 1 is 1.20 bits per heavy atom. The zero-order valence-corrected chi connectivity index (χ0v) is 10.9. The molecule has 0 unspecified atom stereocenters. The third-order valence-electron chi connectivity index (χ3n) is 2.74. The van der Waals surface area contributed by atoms with Crippen molar-refractivity contribution in [2.45, 2.75) is 6.61 Å². The Hall–Kier alpha value is -2.56. The molecule has 0 saturated heterocycles. The molecule has 4 nitrogen and oxygen atoms in total. The number of methoxy groups -OCH3 is 1. The number of rotatable bonds is 5. The van der Waals surface area contributed by atoms with Gasteiger partial charge >= 0.3 is 0 Å². The van der Waals surface area contributed by atoms with Gasteiger partial charge in [-0.2, -0.15) is 0 Å². The van der Waals surface area contributed by atoms with E-state index < -0.39 is 0 Å². The molecule has 0 aliphatic rings. The van der Waals surface area contributed by atoms with Crippen LogP contribution >= 0.6 is 0 Å². The van der Waals surface area contributed by atoms with Gasteiger partial charge in [0.1, 0.15) is 12.4 Å². The van der Waals surface area contributed by atoms with Gasteiger partial charge in [0.2, 0.25) is 0 Å². The van der Waals surface area contributed by atoms with Gasteiger partial charge in [0.05, 0.1) is 13.3 Å². The summed E-state index contributed by atoms with van der Waals surface area (Å²) in [7, 11) is 1.52. The zero-order chi connectivity index (χ0) is 14.4. The minimum atomic E-state index is -0.320. The lowest BCUT2D eigenvalue weighted by atomic mass is 10.2. The predicted octanol–water partition coefficient (Wildman–Crippen LogP) is 3.22. The lowest BCUT2D eigenvalue weighted by Crippen LogP contribution is -2.00. The summed E-state index contributed by atoms with van der Waals surface area (Å²) in [6.45, 7) is 0.0861.